The lowest BCUT2D eigenvalue weighted by Crippen LogP contribution is -2.31. The van der Waals surface area contributed by atoms with Crippen LogP contribution in [0.3, 0.4) is 0 Å². The van der Waals surface area contributed by atoms with Crippen molar-refractivity contribution in [1.82, 2.24) is 30.4 Å². The van der Waals surface area contributed by atoms with Crippen LogP contribution < -0.4 is 5.32 Å². The predicted molar refractivity (Wildman–Crippen MR) is 134 cm³/mol. The molecule has 0 aliphatic carbocycles. The fourth-order valence-corrected chi connectivity index (χ4v) is 4.70. The third kappa shape index (κ3) is 4.07. The van der Waals surface area contributed by atoms with Gasteiger partial charge in [-0.15, -0.1) is 0 Å². The Labute approximate surface area is 192 Å². The highest BCUT2D eigenvalue weighted by Gasteiger charge is 2.17. The number of piperidine rings is 1. The fourth-order valence-electron chi connectivity index (χ4n) is 4.70. The van der Waals surface area contributed by atoms with Gasteiger partial charge in [0.05, 0.1) is 23.4 Å². The van der Waals surface area contributed by atoms with Crippen LogP contribution in [0.15, 0.2) is 59.4 Å². The highest BCUT2D eigenvalue weighted by Crippen LogP contribution is 2.30. The lowest BCUT2D eigenvalue weighted by atomic mass is 10.0. The van der Waals surface area contributed by atoms with Gasteiger partial charge in [-0.05, 0) is 73.0 Å². The molecule has 3 aromatic rings. The summed E-state index contributed by atoms with van der Waals surface area (Å²) in [6, 6.07) is 6.43. The fraction of sp³-hybridized carbons (Fsp3) is 0.269. The van der Waals surface area contributed by atoms with Gasteiger partial charge in [-0.1, -0.05) is 18.6 Å². The van der Waals surface area contributed by atoms with Crippen molar-refractivity contribution in [2.75, 3.05) is 26.2 Å². The van der Waals surface area contributed by atoms with Gasteiger partial charge in [0.1, 0.15) is 5.69 Å². The maximum Gasteiger partial charge on any atom is 0.159 e. The van der Waals surface area contributed by atoms with Crippen molar-refractivity contribution in [3.8, 4) is 11.5 Å². The molecule has 5 heterocycles. The van der Waals surface area contributed by atoms with Crippen LogP contribution in [0.5, 0.6) is 0 Å². The number of hydrogen-bond acceptors (Lipinski definition) is 5. The number of imidazole rings is 1. The summed E-state index contributed by atoms with van der Waals surface area (Å²) < 4.78 is 0. The summed E-state index contributed by atoms with van der Waals surface area (Å²) in [5.41, 5.74) is 7.24. The molecule has 6 rings (SSSR count). The van der Waals surface area contributed by atoms with Crippen LogP contribution >= 0.6 is 0 Å². The molecule has 0 spiro atoms. The molecule has 0 atom stereocenters. The van der Waals surface area contributed by atoms with Gasteiger partial charge in [0, 0.05) is 30.5 Å². The normalized spacial score (nSPS) is 18.4. The molecular formula is C26H27N7. The first-order valence-electron chi connectivity index (χ1n) is 11.6. The topological polar surface area (TPSA) is 85.0 Å². The molecule has 7 heteroatoms. The van der Waals surface area contributed by atoms with Crippen LogP contribution in [-0.4, -0.2) is 57.5 Å². The molecular weight excluding hydrogens is 410 g/mol. The van der Waals surface area contributed by atoms with Crippen molar-refractivity contribution >= 4 is 28.8 Å². The van der Waals surface area contributed by atoms with Crippen molar-refractivity contribution in [3.63, 3.8) is 0 Å². The Hall–Kier alpha value is -3.71. The molecule has 1 saturated heterocycles. The summed E-state index contributed by atoms with van der Waals surface area (Å²) >= 11 is 0. The zero-order valence-corrected chi connectivity index (χ0v) is 18.5. The second-order valence-electron chi connectivity index (χ2n) is 8.77. The minimum Gasteiger partial charge on any atom is -0.367 e. The number of allylic oxidation sites excluding steroid dienone is 2. The van der Waals surface area contributed by atoms with Gasteiger partial charge in [-0.25, -0.2) is 4.98 Å². The van der Waals surface area contributed by atoms with E-state index in [1.807, 2.05) is 24.6 Å². The molecule has 1 fully saturated rings. The van der Waals surface area contributed by atoms with Crippen molar-refractivity contribution in [2.24, 2.45) is 4.99 Å². The molecule has 3 N–H and O–H groups in total. The monoisotopic (exact) mass is 437 g/mol. The largest absolute Gasteiger partial charge is 0.367 e. The molecule has 0 amide bonds. The molecule has 0 unspecified atom stereocenters. The van der Waals surface area contributed by atoms with E-state index in [4.69, 9.17) is 4.98 Å². The first-order chi connectivity index (χ1) is 16.3. The number of H-pyrrole nitrogens is 2. The molecule has 3 aliphatic rings. The molecule has 166 valence electrons. The molecule has 1 aromatic carbocycles. The number of aliphatic imine (C=N–C) groups is 1. The van der Waals surface area contributed by atoms with Gasteiger partial charge < -0.3 is 10.3 Å². The Morgan fingerprint density at radius 1 is 1.06 bits per heavy atom. The number of likely N-dealkylation sites (tertiary alicyclic amines) is 1. The van der Waals surface area contributed by atoms with Crippen LogP contribution in [0, 0.1) is 0 Å². The van der Waals surface area contributed by atoms with Crippen molar-refractivity contribution < 1.29 is 0 Å². The Kier molecular flexibility index (Phi) is 5.24. The summed E-state index contributed by atoms with van der Waals surface area (Å²) in [5, 5.41) is 12.1. The van der Waals surface area contributed by atoms with Gasteiger partial charge in [0.2, 0.25) is 0 Å². The van der Waals surface area contributed by atoms with Crippen LogP contribution in [0.1, 0.15) is 36.2 Å². The molecule has 0 saturated carbocycles. The summed E-state index contributed by atoms with van der Waals surface area (Å²) in [4.78, 5) is 15.1. The Morgan fingerprint density at radius 2 is 2.00 bits per heavy atom. The van der Waals surface area contributed by atoms with E-state index < -0.39 is 0 Å². The first-order valence-corrected chi connectivity index (χ1v) is 11.6. The smallest absolute Gasteiger partial charge is 0.159 e. The van der Waals surface area contributed by atoms with E-state index in [0.717, 1.165) is 51.5 Å². The zero-order chi connectivity index (χ0) is 22.0. The third-order valence-corrected chi connectivity index (χ3v) is 6.42. The van der Waals surface area contributed by atoms with E-state index >= 15 is 0 Å². The second kappa shape index (κ2) is 8.67. The van der Waals surface area contributed by atoms with E-state index in [0.29, 0.717) is 6.54 Å². The standard InChI is InChI=1S/C26H27N7/c1-2-11-33(12-3-1)17-18-8-10-28-15-20(13-18)19-6-7-22-21(14-19)25(32-31-22)26-29-23-5-4-9-27-16-24(23)30-26/h4-8,10,13-16,28H,1-3,9,11-12,17H2,(H,29,30)(H,31,32). The van der Waals surface area contributed by atoms with Crippen LogP contribution in [0.25, 0.3) is 34.1 Å². The molecule has 0 radical (unpaired) electrons. The van der Waals surface area contributed by atoms with Gasteiger partial charge in [-0.3, -0.25) is 15.0 Å². The SMILES string of the molecule is C1=Cc2nc(-c3n[nH]c4ccc(C5=CNC=CC(CN6CCCCC6)=C5)cc34)[nH]c2C=NC1. The number of rotatable bonds is 4. The van der Waals surface area contributed by atoms with Crippen molar-refractivity contribution in [1.29, 1.82) is 0 Å². The van der Waals surface area contributed by atoms with Gasteiger partial charge in [0.25, 0.3) is 0 Å². The Bertz CT molecular complexity index is 1300. The van der Waals surface area contributed by atoms with Gasteiger partial charge in [-0.2, -0.15) is 5.10 Å². The zero-order valence-electron chi connectivity index (χ0n) is 18.5. The lowest BCUT2D eigenvalue weighted by molar-refractivity contribution is 0.248. The number of benzene rings is 1. The Balaban J connectivity index is 1.33. The summed E-state index contributed by atoms with van der Waals surface area (Å²) in [6.07, 6.45) is 18.4. The van der Waals surface area contributed by atoms with Gasteiger partial charge in [0.15, 0.2) is 5.82 Å². The molecule has 2 aromatic heterocycles. The molecule has 3 aliphatic heterocycles. The minimum absolute atomic E-state index is 0.680. The molecule has 0 bridgehead atoms. The van der Waals surface area contributed by atoms with E-state index in [9.17, 15) is 0 Å². The van der Waals surface area contributed by atoms with E-state index in [1.165, 1.54) is 37.9 Å². The van der Waals surface area contributed by atoms with Crippen molar-refractivity contribution in [3.05, 3.63) is 71.4 Å². The van der Waals surface area contributed by atoms with Crippen LogP contribution in [0.2, 0.25) is 0 Å². The Morgan fingerprint density at radius 3 is 2.94 bits per heavy atom. The van der Waals surface area contributed by atoms with E-state index in [-0.39, 0.29) is 0 Å². The third-order valence-electron chi connectivity index (χ3n) is 6.42. The quantitative estimate of drug-likeness (QED) is 0.569. The first kappa shape index (κ1) is 19.9. The van der Waals surface area contributed by atoms with Crippen LogP contribution in [0.4, 0.5) is 0 Å². The number of nitrogens with one attached hydrogen (secondary N) is 3. The number of aromatic nitrogens is 4. The number of hydrogen-bond donors (Lipinski definition) is 3. The van der Waals surface area contributed by atoms with Gasteiger partial charge >= 0.3 is 0 Å². The maximum absolute atomic E-state index is 4.77. The van der Waals surface area contributed by atoms with Crippen LogP contribution in [-0.2, 0) is 0 Å². The average Bonchev–Trinajstić information content (AvgIpc) is 3.28. The minimum atomic E-state index is 0.680. The molecule has 7 nitrogen and oxygen atoms in total. The predicted octanol–water partition coefficient (Wildman–Crippen LogP) is 4.27. The summed E-state index contributed by atoms with van der Waals surface area (Å²) in [5.74, 6) is 0.748. The summed E-state index contributed by atoms with van der Waals surface area (Å²) in [6.45, 7) is 4.05. The highest BCUT2D eigenvalue weighted by molar-refractivity contribution is 5.95. The number of nitrogens with zero attached hydrogens (tertiary/aromatic N) is 4. The lowest BCUT2D eigenvalue weighted by Gasteiger charge is -2.26. The number of aromatic amines is 2. The number of fused-ring (bicyclic) bond motifs is 2. The van der Waals surface area contributed by atoms with E-state index in [2.05, 4.69) is 66.9 Å². The highest BCUT2D eigenvalue weighted by atomic mass is 15.1. The second-order valence-corrected chi connectivity index (χ2v) is 8.77. The maximum atomic E-state index is 4.77. The van der Waals surface area contributed by atoms with E-state index in [1.54, 1.807) is 0 Å². The average molecular weight is 438 g/mol. The molecule has 33 heavy (non-hydrogen) atoms. The van der Waals surface area contributed by atoms with Crippen molar-refractivity contribution in [2.45, 2.75) is 19.3 Å². The summed E-state index contributed by atoms with van der Waals surface area (Å²) in [7, 11) is 0.